The highest BCUT2D eigenvalue weighted by atomic mass is 28.4. The van der Waals surface area contributed by atoms with Gasteiger partial charge in [0.1, 0.15) is 11.3 Å². The van der Waals surface area contributed by atoms with Gasteiger partial charge in [0.2, 0.25) is 0 Å². The van der Waals surface area contributed by atoms with E-state index < -0.39 is 20.3 Å². The average molecular weight is 311 g/mol. The molecule has 0 aliphatic carbocycles. The highest BCUT2D eigenvalue weighted by Crippen LogP contribution is 2.39. The normalized spacial score (nSPS) is 12.0. The molecular formula is C14H21NO5Si. The number of carbonyl (C=O) groups is 2. The van der Waals surface area contributed by atoms with E-state index in [1.807, 2.05) is 33.9 Å². The van der Waals surface area contributed by atoms with Crippen molar-refractivity contribution in [3.05, 3.63) is 23.3 Å². The third-order valence-corrected chi connectivity index (χ3v) is 8.13. The molecular weight excluding hydrogens is 290 g/mol. The van der Waals surface area contributed by atoms with Crippen LogP contribution in [-0.4, -0.2) is 30.5 Å². The van der Waals surface area contributed by atoms with E-state index >= 15 is 0 Å². The Morgan fingerprint density at radius 1 is 1.10 bits per heavy atom. The molecule has 1 rings (SSSR count). The summed E-state index contributed by atoms with van der Waals surface area (Å²) in [7, 11) is -2.26. The van der Waals surface area contributed by atoms with Crippen molar-refractivity contribution >= 4 is 25.9 Å². The molecule has 1 aromatic carbocycles. The molecule has 7 heteroatoms. The number of nitrogen functional groups attached to an aromatic ring is 1. The maximum atomic E-state index is 11.3. The lowest BCUT2D eigenvalue weighted by Gasteiger charge is -2.36. The molecule has 116 valence electrons. The molecule has 1 aromatic rings. The molecule has 0 radical (unpaired) electrons. The third kappa shape index (κ3) is 3.55. The Morgan fingerprint density at radius 3 is 1.95 bits per heavy atom. The van der Waals surface area contributed by atoms with Crippen molar-refractivity contribution in [1.29, 1.82) is 0 Å². The number of carboxylic acids is 2. The molecule has 0 amide bonds. The number of rotatable bonds is 4. The highest BCUT2D eigenvalue weighted by Gasteiger charge is 2.40. The molecule has 0 aliphatic heterocycles. The Labute approximate surface area is 124 Å². The van der Waals surface area contributed by atoms with Crippen molar-refractivity contribution in [2.45, 2.75) is 38.9 Å². The predicted octanol–water partition coefficient (Wildman–Crippen LogP) is 3.05. The van der Waals surface area contributed by atoms with Gasteiger partial charge < -0.3 is 20.4 Å². The fourth-order valence-electron chi connectivity index (χ4n) is 1.46. The average Bonchev–Trinajstić information content (AvgIpc) is 2.25. The van der Waals surface area contributed by atoms with Gasteiger partial charge in [0.15, 0.2) is 0 Å². The number of hydrogen-bond acceptors (Lipinski definition) is 4. The van der Waals surface area contributed by atoms with Gasteiger partial charge in [-0.3, -0.25) is 0 Å². The van der Waals surface area contributed by atoms with Crippen molar-refractivity contribution in [3.63, 3.8) is 0 Å². The van der Waals surface area contributed by atoms with Gasteiger partial charge in [0.25, 0.3) is 8.32 Å². The van der Waals surface area contributed by atoms with Crippen LogP contribution in [-0.2, 0) is 0 Å². The Kier molecular flexibility index (Phi) is 4.38. The second kappa shape index (κ2) is 5.40. The van der Waals surface area contributed by atoms with Crippen LogP contribution in [0, 0.1) is 0 Å². The van der Waals surface area contributed by atoms with Gasteiger partial charge in [0.05, 0.1) is 5.56 Å². The predicted molar refractivity (Wildman–Crippen MR) is 82.6 cm³/mol. The van der Waals surface area contributed by atoms with E-state index in [1.54, 1.807) is 0 Å². The molecule has 0 aliphatic rings. The van der Waals surface area contributed by atoms with E-state index in [1.165, 1.54) is 6.07 Å². The SMILES string of the molecule is CC(C)(C)[Si](C)(C)Oc1cc(N)c(C(=O)O)cc1C(=O)O. The Hall–Kier alpha value is -2.02. The standard InChI is InChI=1S/C14H21NO5Si/c1-14(2,3)21(4,5)20-11-7-10(15)8(12(16)17)6-9(11)13(18)19/h6-7H,15H2,1-5H3,(H,16,17)(H,18,19). The van der Waals surface area contributed by atoms with Crippen LogP contribution in [0.5, 0.6) is 5.75 Å². The Morgan fingerprint density at radius 2 is 1.57 bits per heavy atom. The van der Waals surface area contributed by atoms with Crippen LogP contribution in [0.1, 0.15) is 41.5 Å². The van der Waals surface area contributed by atoms with Crippen LogP contribution in [0.3, 0.4) is 0 Å². The summed E-state index contributed by atoms with van der Waals surface area (Å²) in [5, 5.41) is 18.2. The monoisotopic (exact) mass is 311 g/mol. The molecule has 0 unspecified atom stereocenters. The molecule has 0 atom stereocenters. The van der Waals surface area contributed by atoms with Crippen LogP contribution >= 0.6 is 0 Å². The van der Waals surface area contributed by atoms with E-state index in [-0.39, 0.29) is 27.6 Å². The van der Waals surface area contributed by atoms with E-state index in [0.717, 1.165) is 6.07 Å². The number of benzene rings is 1. The first-order chi connectivity index (χ1) is 9.36. The van der Waals surface area contributed by atoms with Crippen molar-refractivity contribution in [3.8, 4) is 5.75 Å². The van der Waals surface area contributed by atoms with Crippen LogP contribution < -0.4 is 10.2 Å². The van der Waals surface area contributed by atoms with Gasteiger partial charge >= 0.3 is 11.9 Å². The van der Waals surface area contributed by atoms with Gasteiger partial charge in [-0.25, -0.2) is 9.59 Å². The van der Waals surface area contributed by atoms with Gasteiger partial charge in [-0.2, -0.15) is 0 Å². The summed E-state index contributed by atoms with van der Waals surface area (Å²) in [6.07, 6.45) is 0. The zero-order valence-corrected chi connectivity index (χ0v) is 13.9. The first-order valence-corrected chi connectivity index (χ1v) is 9.37. The lowest BCUT2D eigenvalue weighted by Crippen LogP contribution is -2.44. The third-order valence-electron chi connectivity index (χ3n) is 3.78. The van der Waals surface area contributed by atoms with Crippen molar-refractivity contribution < 1.29 is 24.2 Å². The summed E-state index contributed by atoms with van der Waals surface area (Å²) in [6.45, 7) is 10.0. The minimum absolute atomic E-state index is 0.0128. The molecule has 4 N–H and O–H groups in total. The summed E-state index contributed by atoms with van der Waals surface area (Å²) in [5.41, 5.74) is 5.24. The zero-order chi connectivity index (χ0) is 16.6. The van der Waals surface area contributed by atoms with Crippen molar-refractivity contribution in [2.75, 3.05) is 5.73 Å². The molecule has 0 saturated carbocycles. The number of anilines is 1. The molecule has 0 aromatic heterocycles. The molecule has 0 bridgehead atoms. The molecule has 21 heavy (non-hydrogen) atoms. The maximum Gasteiger partial charge on any atom is 0.339 e. The van der Waals surface area contributed by atoms with Gasteiger partial charge in [-0.1, -0.05) is 20.8 Å². The first-order valence-electron chi connectivity index (χ1n) is 6.46. The molecule has 6 nitrogen and oxygen atoms in total. The van der Waals surface area contributed by atoms with Gasteiger partial charge in [-0.15, -0.1) is 0 Å². The van der Waals surface area contributed by atoms with E-state index in [4.69, 9.17) is 15.3 Å². The maximum absolute atomic E-state index is 11.3. The van der Waals surface area contributed by atoms with E-state index in [9.17, 15) is 14.7 Å². The fraction of sp³-hybridized carbons (Fsp3) is 0.429. The second-order valence-electron chi connectivity index (χ2n) is 6.41. The number of aromatic carboxylic acids is 2. The lowest BCUT2D eigenvalue weighted by molar-refractivity contribution is 0.0694. The largest absolute Gasteiger partial charge is 0.543 e. The number of hydrogen-bond donors (Lipinski definition) is 3. The van der Waals surface area contributed by atoms with Crippen LogP contribution in [0.15, 0.2) is 12.1 Å². The van der Waals surface area contributed by atoms with Crippen LogP contribution in [0.4, 0.5) is 5.69 Å². The van der Waals surface area contributed by atoms with Crippen LogP contribution in [0.2, 0.25) is 18.1 Å². The smallest absolute Gasteiger partial charge is 0.339 e. The summed E-state index contributed by atoms with van der Waals surface area (Å²) in [4.78, 5) is 22.4. The Bertz CT molecular complexity index is 590. The fourth-order valence-corrected chi connectivity index (χ4v) is 2.49. The van der Waals surface area contributed by atoms with Crippen molar-refractivity contribution in [1.82, 2.24) is 0 Å². The minimum Gasteiger partial charge on any atom is -0.543 e. The zero-order valence-electron chi connectivity index (χ0n) is 12.9. The Balaban J connectivity index is 3.40. The highest BCUT2D eigenvalue weighted by molar-refractivity contribution is 6.74. The van der Waals surface area contributed by atoms with Gasteiger partial charge in [0, 0.05) is 11.8 Å². The number of carboxylic acid groups (broad SMARTS) is 2. The van der Waals surface area contributed by atoms with Crippen LogP contribution in [0.25, 0.3) is 0 Å². The molecule has 0 fully saturated rings. The second-order valence-corrected chi connectivity index (χ2v) is 11.1. The summed E-state index contributed by atoms with van der Waals surface area (Å²) in [5.74, 6) is -2.39. The van der Waals surface area contributed by atoms with E-state index in [2.05, 4.69) is 0 Å². The quantitative estimate of drug-likeness (QED) is 0.582. The lowest BCUT2D eigenvalue weighted by atomic mass is 10.1. The topological polar surface area (TPSA) is 110 Å². The molecule has 0 heterocycles. The van der Waals surface area contributed by atoms with E-state index in [0.29, 0.717) is 0 Å². The summed E-state index contributed by atoms with van der Waals surface area (Å²) in [6, 6.07) is 2.33. The summed E-state index contributed by atoms with van der Waals surface area (Å²) < 4.78 is 5.96. The molecule has 0 saturated heterocycles. The van der Waals surface area contributed by atoms with Crippen molar-refractivity contribution in [2.24, 2.45) is 0 Å². The summed E-state index contributed by atoms with van der Waals surface area (Å²) >= 11 is 0. The molecule has 0 spiro atoms. The van der Waals surface area contributed by atoms with Gasteiger partial charge in [-0.05, 0) is 24.2 Å². The first kappa shape index (κ1) is 17.0. The number of nitrogens with two attached hydrogens (primary N) is 1. The minimum atomic E-state index is -2.26.